The summed E-state index contributed by atoms with van der Waals surface area (Å²) in [6.07, 6.45) is 7.43. The largest absolute Gasteiger partial charge is 2.00 e. The van der Waals surface area contributed by atoms with E-state index >= 15 is 0 Å². The van der Waals surface area contributed by atoms with Crippen LogP contribution in [0.25, 0.3) is 0 Å². The zero-order chi connectivity index (χ0) is 39.5. The summed E-state index contributed by atoms with van der Waals surface area (Å²) in [6, 6.07) is 88.6. The molecular formula is C54H52Br2P4Pd. The minimum Gasteiger partial charge on any atom is -1.00 e. The van der Waals surface area contributed by atoms with Gasteiger partial charge in [-0.1, -0.05) is 243 Å². The maximum Gasteiger partial charge on any atom is 2.00 e. The molecule has 0 radical (unpaired) electrons. The molecule has 0 nitrogen and oxygen atoms in total. The number of benzene rings is 8. The molecule has 0 unspecified atom stereocenters. The average molecular weight is 1090 g/mol. The van der Waals surface area contributed by atoms with E-state index in [1.54, 1.807) is 0 Å². The van der Waals surface area contributed by atoms with Crippen molar-refractivity contribution in [2.45, 2.75) is 12.8 Å². The fourth-order valence-corrected chi connectivity index (χ4v) is 17.2. The average Bonchev–Trinajstić information content (AvgIpc) is 3.32. The monoisotopic (exact) mass is 1090 g/mol. The maximum atomic E-state index is 2.30. The minimum absolute atomic E-state index is 0. The summed E-state index contributed by atoms with van der Waals surface area (Å²) >= 11 is 0. The first-order valence-electron chi connectivity index (χ1n) is 20.3. The van der Waals surface area contributed by atoms with Crippen LogP contribution in [0.4, 0.5) is 0 Å². The Labute approximate surface area is 405 Å². The standard InChI is InChI=1S/2C27H26P2.2BrH.Pd/c2*1-5-14-24(15-6-1)28(25-16-7-2-8-17-25)22-13-23-29(26-18-9-3-10-19-26)27-20-11-4-12-21-27;;;/h2*1-12,14-21H,13,22-23H2;2*1H;/q;;;;+2/p-2. The van der Waals surface area contributed by atoms with Crippen LogP contribution in [0.1, 0.15) is 12.8 Å². The quantitative estimate of drug-likeness (QED) is 0.0914. The summed E-state index contributed by atoms with van der Waals surface area (Å²) in [5.41, 5.74) is 0. The summed E-state index contributed by atoms with van der Waals surface area (Å²) < 4.78 is 0. The molecule has 0 aromatic heterocycles. The Morgan fingerprint density at radius 3 is 0.426 bits per heavy atom. The van der Waals surface area contributed by atoms with Crippen LogP contribution in [0, 0.1) is 0 Å². The van der Waals surface area contributed by atoms with Crippen LogP contribution < -0.4 is 76.4 Å². The molecule has 0 saturated carbocycles. The Morgan fingerprint density at radius 1 is 0.197 bits per heavy atom. The van der Waals surface area contributed by atoms with Gasteiger partial charge < -0.3 is 34.0 Å². The molecule has 0 aliphatic rings. The molecule has 7 heteroatoms. The van der Waals surface area contributed by atoms with Gasteiger partial charge in [-0.3, -0.25) is 0 Å². The minimum atomic E-state index is -0.309. The zero-order valence-electron chi connectivity index (χ0n) is 34.2. The molecular weight excluding hydrogens is 1040 g/mol. The van der Waals surface area contributed by atoms with Crippen LogP contribution in [-0.2, 0) is 20.4 Å². The van der Waals surface area contributed by atoms with E-state index in [1.165, 1.54) is 79.9 Å². The van der Waals surface area contributed by atoms with Crippen molar-refractivity contribution in [3.05, 3.63) is 243 Å². The molecule has 0 aliphatic heterocycles. The van der Waals surface area contributed by atoms with Crippen LogP contribution in [0.2, 0.25) is 0 Å². The van der Waals surface area contributed by atoms with Crippen molar-refractivity contribution >= 4 is 74.1 Å². The number of rotatable bonds is 16. The Hall–Kier alpha value is -2.90. The molecule has 0 bridgehead atoms. The van der Waals surface area contributed by atoms with Crippen molar-refractivity contribution in [3.8, 4) is 0 Å². The molecule has 0 N–H and O–H groups in total. The molecule has 0 atom stereocenters. The normalized spacial score (nSPS) is 10.6. The maximum absolute atomic E-state index is 2.30. The van der Waals surface area contributed by atoms with Crippen molar-refractivity contribution in [1.82, 2.24) is 0 Å². The van der Waals surface area contributed by atoms with Gasteiger partial charge in [-0.15, -0.1) is 0 Å². The Morgan fingerprint density at radius 2 is 0.311 bits per heavy atom. The van der Waals surface area contributed by atoms with Gasteiger partial charge in [-0.25, -0.2) is 0 Å². The number of halogens is 2. The molecule has 0 saturated heterocycles. The van der Waals surface area contributed by atoms with Crippen molar-refractivity contribution < 1.29 is 54.4 Å². The van der Waals surface area contributed by atoms with Gasteiger partial charge in [0.15, 0.2) is 0 Å². The van der Waals surface area contributed by atoms with E-state index < -0.39 is 0 Å². The Balaban J connectivity index is 0.000000256. The van der Waals surface area contributed by atoms with Crippen molar-refractivity contribution in [2.75, 3.05) is 24.6 Å². The summed E-state index contributed by atoms with van der Waals surface area (Å²) in [5.74, 6) is 0. The second-order valence-corrected chi connectivity index (χ2v) is 23.3. The first-order valence-corrected chi connectivity index (χ1v) is 26.4. The van der Waals surface area contributed by atoms with Crippen molar-refractivity contribution in [1.29, 1.82) is 0 Å². The second kappa shape index (κ2) is 28.7. The fraction of sp³-hybridized carbons (Fsp3) is 0.111. The van der Waals surface area contributed by atoms with E-state index in [9.17, 15) is 0 Å². The molecule has 312 valence electrons. The Bertz CT molecular complexity index is 1800. The van der Waals surface area contributed by atoms with Gasteiger partial charge in [0.05, 0.1) is 0 Å². The van der Waals surface area contributed by atoms with Gasteiger partial charge in [0.2, 0.25) is 0 Å². The zero-order valence-corrected chi connectivity index (χ0v) is 42.5. The van der Waals surface area contributed by atoms with E-state index in [4.69, 9.17) is 0 Å². The van der Waals surface area contributed by atoms with Crippen LogP contribution in [0.3, 0.4) is 0 Å². The second-order valence-electron chi connectivity index (χ2n) is 14.0. The van der Waals surface area contributed by atoms with Crippen LogP contribution >= 0.6 is 31.7 Å². The Kier molecular flexibility index (Phi) is 23.9. The predicted octanol–water partition coefficient (Wildman–Crippen LogP) is 5.29. The van der Waals surface area contributed by atoms with E-state index in [0.29, 0.717) is 0 Å². The third-order valence-corrected chi connectivity index (χ3v) is 20.5. The molecule has 0 heterocycles. The summed E-state index contributed by atoms with van der Waals surface area (Å²) in [6.45, 7) is 0. The number of hydrogen-bond donors (Lipinski definition) is 0. The summed E-state index contributed by atoms with van der Waals surface area (Å²) in [5, 5.41) is 11.9. The van der Waals surface area contributed by atoms with Gasteiger partial charge in [0.1, 0.15) is 0 Å². The SMILES string of the molecule is [Br-].[Br-].[Pd+2].c1ccc(P(CCCP(c2ccccc2)c2ccccc2)c2ccccc2)cc1.c1ccc(P(CCCP(c2ccccc2)c2ccccc2)c2ccccc2)cc1. The molecule has 0 amide bonds. The molecule has 8 aromatic carbocycles. The van der Waals surface area contributed by atoms with E-state index in [2.05, 4.69) is 243 Å². The molecule has 0 aliphatic carbocycles. The van der Waals surface area contributed by atoms with Crippen molar-refractivity contribution in [2.24, 2.45) is 0 Å². The molecule has 0 fully saturated rings. The van der Waals surface area contributed by atoms with Crippen LogP contribution in [0.15, 0.2) is 243 Å². The van der Waals surface area contributed by atoms with Gasteiger partial charge in [0.25, 0.3) is 0 Å². The van der Waals surface area contributed by atoms with Crippen LogP contribution in [-0.4, -0.2) is 24.6 Å². The van der Waals surface area contributed by atoms with Gasteiger partial charge in [-0.05, 0) is 112 Å². The molecule has 61 heavy (non-hydrogen) atoms. The molecule has 8 rings (SSSR count). The van der Waals surface area contributed by atoms with Crippen molar-refractivity contribution in [3.63, 3.8) is 0 Å². The summed E-state index contributed by atoms with van der Waals surface area (Å²) in [4.78, 5) is 0. The first kappa shape index (κ1) is 50.7. The first-order chi connectivity index (χ1) is 28.8. The van der Waals surface area contributed by atoms with E-state index in [-0.39, 0.29) is 86.1 Å². The molecule has 0 spiro atoms. The molecule has 8 aromatic rings. The topological polar surface area (TPSA) is 0 Å². The van der Waals surface area contributed by atoms with E-state index in [0.717, 1.165) is 0 Å². The van der Waals surface area contributed by atoms with Gasteiger partial charge in [-0.2, -0.15) is 0 Å². The summed E-state index contributed by atoms with van der Waals surface area (Å²) in [7, 11) is -1.24. The van der Waals surface area contributed by atoms with Gasteiger partial charge in [0, 0.05) is 0 Å². The predicted molar refractivity (Wildman–Crippen MR) is 265 cm³/mol. The van der Waals surface area contributed by atoms with E-state index in [1.807, 2.05) is 0 Å². The van der Waals surface area contributed by atoms with Crippen LogP contribution in [0.5, 0.6) is 0 Å². The smallest absolute Gasteiger partial charge is 1.00 e. The number of hydrogen-bond acceptors (Lipinski definition) is 0. The third-order valence-electron chi connectivity index (χ3n) is 10.1. The van der Waals surface area contributed by atoms with Gasteiger partial charge >= 0.3 is 20.4 Å². The fourth-order valence-electron chi connectivity index (χ4n) is 7.27. The third kappa shape index (κ3) is 15.7.